The lowest BCUT2D eigenvalue weighted by Gasteiger charge is -2.31. The molecule has 0 aromatic heterocycles. The van der Waals surface area contributed by atoms with E-state index < -0.39 is 5.60 Å². The first-order valence-electron chi connectivity index (χ1n) is 20.2. The van der Waals surface area contributed by atoms with Crippen LogP contribution in [0.3, 0.4) is 0 Å². The standard InChI is InChI=1S/C40H81NO3/c1-3-5-7-9-11-13-15-17-19-21-23-25-27-29-31-33-35-40(39(41)43,44-38-37-42)36-34-32-30-28-26-24-22-20-18-16-14-12-10-8-6-4-2/h42H,3-38H2,1-2H3,(H2,41,43). The number of unbranched alkanes of at least 4 members (excludes halogenated alkanes) is 30. The van der Waals surface area contributed by atoms with Crippen LogP contribution in [0.15, 0.2) is 0 Å². The molecular weight excluding hydrogens is 542 g/mol. The van der Waals surface area contributed by atoms with Crippen LogP contribution in [0, 0.1) is 0 Å². The Morgan fingerprint density at radius 2 is 0.682 bits per heavy atom. The summed E-state index contributed by atoms with van der Waals surface area (Å²) in [4.78, 5) is 12.5. The predicted octanol–water partition coefficient (Wildman–Crippen LogP) is 12.5. The van der Waals surface area contributed by atoms with Gasteiger partial charge in [0.15, 0.2) is 0 Å². The number of amides is 1. The van der Waals surface area contributed by atoms with Crippen LogP contribution in [-0.2, 0) is 9.53 Å². The van der Waals surface area contributed by atoms with E-state index in [2.05, 4.69) is 13.8 Å². The summed E-state index contributed by atoms with van der Waals surface area (Å²) in [7, 11) is 0. The minimum Gasteiger partial charge on any atom is -0.394 e. The van der Waals surface area contributed by atoms with Gasteiger partial charge in [0.05, 0.1) is 13.2 Å². The molecule has 0 aliphatic rings. The van der Waals surface area contributed by atoms with Crippen LogP contribution in [-0.4, -0.2) is 29.8 Å². The van der Waals surface area contributed by atoms with Gasteiger partial charge in [-0.25, -0.2) is 0 Å². The van der Waals surface area contributed by atoms with Gasteiger partial charge in [-0.05, 0) is 12.8 Å². The largest absolute Gasteiger partial charge is 0.394 e. The molecule has 0 aliphatic heterocycles. The Morgan fingerprint density at radius 1 is 0.455 bits per heavy atom. The average Bonchev–Trinajstić information content (AvgIpc) is 3.02. The molecule has 0 aliphatic carbocycles. The molecule has 0 aromatic rings. The van der Waals surface area contributed by atoms with Crippen molar-refractivity contribution in [3.05, 3.63) is 0 Å². The molecule has 0 aromatic carbocycles. The molecule has 0 radical (unpaired) electrons. The quantitative estimate of drug-likeness (QED) is 0.0672. The fourth-order valence-electron chi connectivity index (χ4n) is 6.75. The molecule has 3 N–H and O–H groups in total. The maximum atomic E-state index is 12.5. The SMILES string of the molecule is CCCCCCCCCCCCCCCCCCC(CCCCCCCCCCCCCCCCCC)(OCCO)C(N)=O. The highest BCUT2D eigenvalue weighted by atomic mass is 16.5. The van der Waals surface area contributed by atoms with Gasteiger partial charge in [-0.3, -0.25) is 4.79 Å². The van der Waals surface area contributed by atoms with E-state index in [1.165, 1.54) is 180 Å². The maximum absolute atomic E-state index is 12.5. The average molecular weight is 624 g/mol. The van der Waals surface area contributed by atoms with Crippen molar-refractivity contribution in [1.82, 2.24) is 0 Å². The van der Waals surface area contributed by atoms with Crippen molar-refractivity contribution >= 4 is 5.91 Å². The Hall–Kier alpha value is -0.610. The van der Waals surface area contributed by atoms with E-state index in [9.17, 15) is 9.90 Å². The Bertz CT molecular complexity index is 531. The second-order valence-electron chi connectivity index (χ2n) is 14.0. The number of primary amides is 1. The number of carbonyl (C=O) groups excluding carboxylic acids is 1. The Labute approximate surface area is 276 Å². The van der Waals surface area contributed by atoms with Gasteiger partial charge in [-0.15, -0.1) is 0 Å². The van der Waals surface area contributed by atoms with Crippen LogP contribution < -0.4 is 5.73 Å². The molecule has 0 atom stereocenters. The second-order valence-corrected chi connectivity index (χ2v) is 14.0. The van der Waals surface area contributed by atoms with Gasteiger partial charge in [0.25, 0.3) is 0 Å². The molecule has 1 amide bonds. The summed E-state index contributed by atoms with van der Waals surface area (Å²) in [6.07, 6.45) is 44.2. The van der Waals surface area contributed by atoms with E-state index in [4.69, 9.17) is 10.5 Å². The summed E-state index contributed by atoms with van der Waals surface area (Å²) in [5.41, 5.74) is 5.01. The van der Waals surface area contributed by atoms with E-state index in [1.807, 2.05) is 0 Å². The lowest BCUT2D eigenvalue weighted by Crippen LogP contribution is -2.47. The number of hydrogen-bond acceptors (Lipinski definition) is 3. The Morgan fingerprint density at radius 3 is 0.886 bits per heavy atom. The topological polar surface area (TPSA) is 72.6 Å². The minimum atomic E-state index is -0.894. The predicted molar refractivity (Wildman–Crippen MR) is 193 cm³/mol. The molecule has 4 heteroatoms. The molecular formula is C40H81NO3. The third kappa shape index (κ3) is 28.8. The lowest BCUT2D eigenvalue weighted by atomic mass is 9.88. The Balaban J connectivity index is 3.84. The first-order valence-corrected chi connectivity index (χ1v) is 20.2. The Kier molecular flexibility index (Phi) is 34.8. The summed E-state index contributed by atoms with van der Waals surface area (Å²) in [6.45, 7) is 4.70. The van der Waals surface area contributed by atoms with Gasteiger partial charge >= 0.3 is 0 Å². The molecule has 264 valence electrons. The van der Waals surface area contributed by atoms with Crippen molar-refractivity contribution in [3.63, 3.8) is 0 Å². The first kappa shape index (κ1) is 43.4. The van der Waals surface area contributed by atoms with Crippen molar-refractivity contribution in [2.24, 2.45) is 5.73 Å². The smallest absolute Gasteiger partial charge is 0.249 e. The van der Waals surface area contributed by atoms with Gasteiger partial charge in [0, 0.05) is 0 Å². The fraction of sp³-hybridized carbons (Fsp3) is 0.975. The van der Waals surface area contributed by atoms with Gasteiger partial charge in [0.1, 0.15) is 5.60 Å². The van der Waals surface area contributed by atoms with E-state index in [-0.39, 0.29) is 19.1 Å². The fourth-order valence-corrected chi connectivity index (χ4v) is 6.75. The van der Waals surface area contributed by atoms with Gasteiger partial charge in [-0.1, -0.05) is 219 Å². The number of carbonyl (C=O) groups is 1. The number of nitrogens with two attached hydrogens (primary N) is 1. The molecule has 0 heterocycles. The van der Waals surface area contributed by atoms with Gasteiger partial charge in [0.2, 0.25) is 5.91 Å². The van der Waals surface area contributed by atoms with Crippen LogP contribution in [0.5, 0.6) is 0 Å². The monoisotopic (exact) mass is 624 g/mol. The summed E-state index contributed by atoms with van der Waals surface area (Å²) < 4.78 is 5.96. The molecule has 0 spiro atoms. The van der Waals surface area contributed by atoms with Crippen LogP contribution in [0.2, 0.25) is 0 Å². The van der Waals surface area contributed by atoms with E-state index in [0.717, 1.165) is 25.7 Å². The molecule has 0 fully saturated rings. The number of aliphatic hydroxyl groups excluding tert-OH is 1. The molecule has 0 unspecified atom stereocenters. The molecule has 4 nitrogen and oxygen atoms in total. The van der Waals surface area contributed by atoms with Gasteiger partial charge < -0.3 is 15.6 Å². The van der Waals surface area contributed by atoms with Crippen molar-refractivity contribution in [1.29, 1.82) is 0 Å². The summed E-state index contributed by atoms with van der Waals surface area (Å²) in [5, 5.41) is 9.36. The number of rotatable bonds is 38. The molecule has 0 bridgehead atoms. The molecule has 0 saturated heterocycles. The zero-order valence-electron chi connectivity index (χ0n) is 30.3. The third-order valence-electron chi connectivity index (χ3n) is 9.79. The summed E-state index contributed by atoms with van der Waals surface area (Å²) >= 11 is 0. The van der Waals surface area contributed by atoms with Gasteiger partial charge in [-0.2, -0.15) is 0 Å². The number of hydrogen-bond donors (Lipinski definition) is 2. The molecule has 44 heavy (non-hydrogen) atoms. The third-order valence-corrected chi connectivity index (χ3v) is 9.79. The second kappa shape index (κ2) is 35.2. The maximum Gasteiger partial charge on any atom is 0.249 e. The highest BCUT2D eigenvalue weighted by Gasteiger charge is 2.36. The summed E-state index contributed by atoms with van der Waals surface area (Å²) in [5.74, 6) is -0.340. The normalized spacial score (nSPS) is 11.9. The van der Waals surface area contributed by atoms with E-state index in [0.29, 0.717) is 12.8 Å². The summed E-state index contributed by atoms with van der Waals surface area (Å²) in [6, 6.07) is 0. The van der Waals surface area contributed by atoms with Crippen LogP contribution in [0.4, 0.5) is 0 Å². The van der Waals surface area contributed by atoms with E-state index in [1.54, 1.807) is 0 Å². The van der Waals surface area contributed by atoms with Crippen LogP contribution >= 0.6 is 0 Å². The highest BCUT2D eigenvalue weighted by Crippen LogP contribution is 2.28. The molecule has 0 saturated carbocycles. The minimum absolute atomic E-state index is 0.0626. The van der Waals surface area contributed by atoms with Crippen LogP contribution in [0.25, 0.3) is 0 Å². The van der Waals surface area contributed by atoms with Crippen molar-refractivity contribution < 1.29 is 14.6 Å². The first-order chi connectivity index (χ1) is 21.6. The molecule has 0 rings (SSSR count). The lowest BCUT2D eigenvalue weighted by molar-refractivity contribution is -0.148. The zero-order chi connectivity index (χ0) is 32.2. The van der Waals surface area contributed by atoms with E-state index >= 15 is 0 Å². The zero-order valence-corrected chi connectivity index (χ0v) is 30.3. The van der Waals surface area contributed by atoms with Crippen LogP contribution in [0.1, 0.15) is 232 Å². The van der Waals surface area contributed by atoms with Crippen molar-refractivity contribution in [2.75, 3.05) is 13.2 Å². The number of ether oxygens (including phenoxy) is 1. The highest BCUT2D eigenvalue weighted by molar-refractivity contribution is 5.83. The number of aliphatic hydroxyl groups is 1. The van der Waals surface area contributed by atoms with Crippen molar-refractivity contribution in [3.8, 4) is 0 Å². The van der Waals surface area contributed by atoms with Crippen molar-refractivity contribution in [2.45, 2.75) is 238 Å².